The number of fused-ring (bicyclic) bond motifs is 1. The zero-order valence-electron chi connectivity index (χ0n) is 8.19. The monoisotopic (exact) mass is 201 g/mol. The predicted octanol–water partition coefficient (Wildman–Crippen LogP) is -0.695. The van der Waals surface area contributed by atoms with Gasteiger partial charge in [0, 0.05) is 12.6 Å². The van der Waals surface area contributed by atoms with Crippen molar-refractivity contribution >= 4 is 5.97 Å². The fourth-order valence-electron chi connectivity index (χ4n) is 1.87. The van der Waals surface area contributed by atoms with Gasteiger partial charge in [-0.3, -0.25) is 10.1 Å². The molecule has 2 saturated heterocycles. The van der Waals surface area contributed by atoms with Crippen LogP contribution in [0.2, 0.25) is 0 Å². The summed E-state index contributed by atoms with van der Waals surface area (Å²) in [4.78, 5) is 11.2. The molecule has 5 heteroatoms. The van der Waals surface area contributed by atoms with E-state index in [-0.39, 0.29) is 24.2 Å². The van der Waals surface area contributed by atoms with E-state index in [0.29, 0.717) is 13.2 Å². The van der Waals surface area contributed by atoms with Crippen LogP contribution in [0, 0.1) is 0 Å². The Kier molecular flexibility index (Phi) is 3.00. The molecule has 0 radical (unpaired) electrons. The molecular weight excluding hydrogens is 186 g/mol. The highest BCUT2D eigenvalue weighted by Crippen LogP contribution is 2.16. The average molecular weight is 201 g/mol. The minimum absolute atomic E-state index is 0.0876. The first kappa shape index (κ1) is 9.89. The molecule has 2 heterocycles. The van der Waals surface area contributed by atoms with Crippen LogP contribution in [0.4, 0.5) is 0 Å². The number of nitrogens with one attached hydrogen (secondary N) is 1. The fourth-order valence-corrected chi connectivity index (χ4v) is 1.87. The van der Waals surface area contributed by atoms with Gasteiger partial charge in [-0.15, -0.1) is 0 Å². The summed E-state index contributed by atoms with van der Waals surface area (Å²) in [6, 6.07) is -0.0963. The number of carbonyl (C=O) groups is 1. The molecule has 0 aromatic heterocycles. The first-order valence-electron chi connectivity index (χ1n) is 4.84. The Hall–Kier alpha value is -0.650. The zero-order chi connectivity index (χ0) is 9.97. The van der Waals surface area contributed by atoms with Crippen LogP contribution in [0.25, 0.3) is 0 Å². The molecule has 3 atom stereocenters. The lowest BCUT2D eigenvalue weighted by Crippen LogP contribution is -2.60. The number of rotatable bonds is 1. The minimum Gasteiger partial charge on any atom is -0.468 e. The summed E-state index contributed by atoms with van der Waals surface area (Å²) in [7, 11) is 1.39. The molecule has 2 aliphatic rings. The summed E-state index contributed by atoms with van der Waals surface area (Å²) in [6.07, 6.45) is 0.975. The summed E-state index contributed by atoms with van der Waals surface area (Å²) in [6.45, 7) is 1.72. The van der Waals surface area contributed by atoms with Crippen LogP contribution in [-0.4, -0.2) is 51.1 Å². The smallest absolute Gasteiger partial charge is 0.325 e. The molecule has 80 valence electrons. The van der Waals surface area contributed by atoms with Gasteiger partial charge in [0.15, 0.2) is 0 Å². The van der Waals surface area contributed by atoms with Crippen molar-refractivity contribution in [3.63, 3.8) is 0 Å². The number of carbonyl (C=O) groups excluding carboxylic acids is 1. The van der Waals surface area contributed by atoms with E-state index in [9.17, 15) is 4.79 Å². The molecular formula is C9H15NO4. The third kappa shape index (κ3) is 1.89. The van der Waals surface area contributed by atoms with Crippen LogP contribution in [-0.2, 0) is 19.0 Å². The van der Waals surface area contributed by atoms with E-state index in [0.717, 1.165) is 13.0 Å². The van der Waals surface area contributed by atoms with Gasteiger partial charge in [-0.1, -0.05) is 0 Å². The van der Waals surface area contributed by atoms with Crippen LogP contribution >= 0.6 is 0 Å². The van der Waals surface area contributed by atoms with Crippen molar-refractivity contribution in [2.45, 2.75) is 24.6 Å². The topological polar surface area (TPSA) is 56.8 Å². The Bertz CT molecular complexity index is 221. The predicted molar refractivity (Wildman–Crippen MR) is 47.9 cm³/mol. The molecule has 2 rings (SSSR count). The fraction of sp³-hybridized carbons (Fsp3) is 0.889. The van der Waals surface area contributed by atoms with Crippen molar-refractivity contribution < 1.29 is 19.0 Å². The summed E-state index contributed by atoms with van der Waals surface area (Å²) >= 11 is 0. The second-order valence-electron chi connectivity index (χ2n) is 3.58. The number of methoxy groups -OCH3 is 1. The molecule has 0 aliphatic carbocycles. The maximum absolute atomic E-state index is 11.2. The quantitative estimate of drug-likeness (QED) is 0.569. The Morgan fingerprint density at radius 1 is 1.50 bits per heavy atom. The highest BCUT2D eigenvalue weighted by molar-refractivity contribution is 5.76. The van der Waals surface area contributed by atoms with Gasteiger partial charge >= 0.3 is 5.97 Å². The van der Waals surface area contributed by atoms with Crippen molar-refractivity contribution in [2.24, 2.45) is 0 Å². The first-order valence-corrected chi connectivity index (χ1v) is 4.84. The lowest BCUT2D eigenvalue weighted by Gasteiger charge is -2.39. The van der Waals surface area contributed by atoms with E-state index in [1.54, 1.807) is 0 Å². The molecule has 14 heavy (non-hydrogen) atoms. The summed E-state index contributed by atoms with van der Waals surface area (Å²) in [5.41, 5.74) is 0. The Labute approximate surface area is 82.7 Å². The third-order valence-corrected chi connectivity index (χ3v) is 2.68. The van der Waals surface area contributed by atoms with Crippen molar-refractivity contribution in [1.82, 2.24) is 5.32 Å². The van der Waals surface area contributed by atoms with E-state index < -0.39 is 0 Å². The van der Waals surface area contributed by atoms with Gasteiger partial charge in [0.05, 0.1) is 26.4 Å². The lowest BCUT2D eigenvalue weighted by molar-refractivity contribution is -0.154. The summed E-state index contributed by atoms with van der Waals surface area (Å²) in [5.74, 6) is -0.255. The number of esters is 1. The normalized spacial score (nSPS) is 37.4. The standard InChI is InChI=1S/C9H15NO4/c1-12-9(11)7-4-14-8-5-13-3-2-6(8)10-7/h6-8,10H,2-5H2,1H3/t6-,7?,8+/m1/s1. The van der Waals surface area contributed by atoms with Gasteiger partial charge in [-0.25, -0.2) is 0 Å². The first-order chi connectivity index (χ1) is 6.81. The van der Waals surface area contributed by atoms with E-state index in [1.165, 1.54) is 7.11 Å². The van der Waals surface area contributed by atoms with Gasteiger partial charge in [0.25, 0.3) is 0 Å². The summed E-state index contributed by atoms with van der Waals surface area (Å²) in [5, 5.41) is 3.23. The third-order valence-electron chi connectivity index (χ3n) is 2.68. The molecule has 2 aliphatic heterocycles. The molecule has 1 N–H and O–H groups in total. The molecule has 0 aromatic carbocycles. The van der Waals surface area contributed by atoms with Crippen molar-refractivity contribution in [3.8, 4) is 0 Å². The van der Waals surface area contributed by atoms with Gasteiger partial charge < -0.3 is 14.2 Å². The van der Waals surface area contributed by atoms with Gasteiger partial charge in [0.2, 0.25) is 0 Å². The second kappa shape index (κ2) is 4.25. The van der Waals surface area contributed by atoms with Gasteiger partial charge in [-0.2, -0.15) is 0 Å². The molecule has 0 amide bonds. The molecule has 5 nitrogen and oxygen atoms in total. The average Bonchev–Trinajstić information content (AvgIpc) is 2.27. The Morgan fingerprint density at radius 3 is 3.14 bits per heavy atom. The van der Waals surface area contributed by atoms with Crippen molar-refractivity contribution in [2.75, 3.05) is 26.9 Å². The van der Waals surface area contributed by atoms with Gasteiger partial charge in [-0.05, 0) is 6.42 Å². The Morgan fingerprint density at radius 2 is 2.36 bits per heavy atom. The number of hydrogen-bond donors (Lipinski definition) is 1. The van der Waals surface area contributed by atoms with Crippen molar-refractivity contribution in [3.05, 3.63) is 0 Å². The Balaban J connectivity index is 1.92. The highest BCUT2D eigenvalue weighted by atomic mass is 16.5. The molecule has 2 fully saturated rings. The van der Waals surface area contributed by atoms with Crippen LogP contribution in [0.3, 0.4) is 0 Å². The number of morpholine rings is 1. The van der Waals surface area contributed by atoms with E-state index in [4.69, 9.17) is 9.47 Å². The maximum atomic E-state index is 11.2. The summed E-state index contributed by atoms with van der Waals surface area (Å²) < 4.78 is 15.5. The highest BCUT2D eigenvalue weighted by Gasteiger charge is 2.36. The zero-order valence-corrected chi connectivity index (χ0v) is 8.19. The van der Waals surface area contributed by atoms with E-state index in [2.05, 4.69) is 10.1 Å². The molecule has 0 bridgehead atoms. The van der Waals surface area contributed by atoms with Crippen LogP contribution < -0.4 is 5.32 Å². The SMILES string of the molecule is COC(=O)C1CO[C@H]2COCC[C@H]2N1. The van der Waals surface area contributed by atoms with Crippen LogP contribution in [0.1, 0.15) is 6.42 Å². The number of ether oxygens (including phenoxy) is 3. The lowest BCUT2D eigenvalue weighted by atomic mass is 10.0. The van der Waals surface area contributed by atoms with E-state index >= 15 is 0 Å². The van der Waals surface area contributed by atoms with E-state index in [1.807, 2.05) is 0 Å². The van der Waals surface area contributed by atoms with Crippen LogP contribution in [0.15, 0.2) is 0 Å². The van der Waals surface area contributed by atoms with Crippen molar-refractivity contribution in [1.29, 1.82) is 0 Å². The minimum atomic E-state index is -0.320. The van der Waals surface area contributed by atoms with Crippen LogP contribution in [0.5, 0.6) is 0 Å². The maximum Gasteiger partial charge on any atom is 0.325 e. The second-order valence-corrected chi connectivity index (χ2v) is 3.58. The molecule has 0 aromatic rings. The molecule has 1 unspecified atom stereocenters. The molecule has 0 spiro atoms. The number of hydrogen-bond acceptors (Lipinski definition) is 5. The largest absolute Gasteiger partial charge is 0.468 e. The van der Waals surface area contributed by atoms with Gasteiger partial charge in [0.1, 0.15) is 6.04 Å². The molecule has 0 saturated carbocycles.